The molecule has 0 aliphatic rings. The first-order chi connectivity index (χ1) is 10.0. The van der Waals surface area contributed by atoms with Crippen LogP contribution in [0.2, 0.25) is 0 Å². The number of hydrogen-bond acceptors (Lipinski definition) is 6. The number of hydroxylamine groups is 4. The Kier molecular flexibility index (Phi) is 6.25. The first kappa shape index (κ1) is 17.1. The van der Waals surface area contributed by atoms with E-state index in [0.717, 1.165) is 0 Å². The second kappa shape index (κ2) is 7.70. The van der Waals surface area contributed by atoms with Gasteiger partial charge in [-0.05, 0) is 18.6 Å². The Morgan fingerprint density at radius 1 is 0.857 bits per heavy atom. The molecule has 0 aliphatic carbocycles. The van der Waals surface area contributed by atoms with Gasteiger partial charge in [0, 0.05) is 0 Å². The lowest BCUT2D eigenvalue weighted by atomic mass is 10.0. The third kappa shape index (κ3) is 3.56. The zero-order valence-corrected chi connectivity index (χ0v) is 12.6. The maximum atomic E-state index is 12.4. The van der Waals surface area contributed by atoms with Gasteiger partial charge >= 0.3 is 11.8 Å². The van der Waals surface area contributed by atoms with Crippen LogP contribution >= 0.6 is 0 Å². The van der Waals surface area contributed by atoms with Crippen LogP contribution in [0.1, 0.15) is 26.3 Å². The zero-order chi connectivity index (χ0) is 16.0. The number of amides is 2. The quantitative estimate of drug-likeness (QED) is 0.733. The highest BCUT2D eigenvalue weighted by Gasteiger charge is 2.27. The summed E-state index contributed by atoms with van der Waals surface area (Å²) < 4.78 is 0. The van der Waals surface area contributed by atoms with E-state index in [1.165, 1.54) is 34.5 Å². The largest absolute Gasteiger partial charge is 0.305 e. The van der Waals surface area contributed by atoms with Crippen LogP contribution in [0.3, 0.4) is 0 Å². The van der Waals surface area contributed by atoms with Gasteiger partial charge in [0.1, 0.15) is 0 Å². The molecule has 1 aromatic carbocycles. The summed E-state index contributed by atoms with van der Waals surface area (Å²) in [5.41, 5.74) is 0.810. The van der Waals surface area contributed by atoms with E-state index in [-0.39, 0.29) is 11.1 Å². The topological polar surface area (TPSA) is 77.5 Å². The number of carbonyl (C=O) groups is 2. The summed E-state index contributed by atoms with van der Waals surface area (Å²) >= 11 is 0. The number of aryl methyl sites for hydroxylation is 1. The second-order valence-electron chi connectivity index (χ2n) is 3.85. The van der Waals surface area contributed by atoms with E-state index in [4.69, 9.17) is 19.4 Å². The fourth-order valence-electron chi connectivity index (χ4n) is 1.80. The van der Waals surface area contributed by atoms with E-state index >= 15 is 0 Å². The minimum atomic E-state index is -0.626. The van der Waals surface area contributed by atoms with Gasteiger partial charge < -0.3 is 0 Å². The Hall–Kier alpha value is -2.00. The fraction of sp³-hybridized carbons (Fsp3) is 0.385. The number of nitrogens with zero attached hydrogens (tertiary/aromatic N) is 2. The van der Waals surface area contributed by atoms with Gasteiger partial charge in [-0.3, -0.25) is 9.59 Å². The zero-order valence-electron chi connectivity index (χ0n) is 12.6. The molecular weight excluding hydrogens is 280 g/mol. The lowest BCUT2D eigenvalue weighted by molar-refractivity contribution is -0.300. The first-order valence-electron chi connectivity index (χ1n) is 5.96. The Balaban J connectivity index is 3.32. The van der Waals surface area contributed by atoms with E-state index in [1.54, 1.807) is 19.1 Å². The summed E-state index contributed by atoms with van der Waals surface area (Å²) in [5, 5.41) is 1.33. The van der Waals surface area contributed by atoms with Gasteiger partial charge in [0.15, 0.2) is 0 Å². The third-order valence-electron chi connectivity index (χ3n) is 2.71. The van der Waals surface area contributed by atoms with Gasteiger partial charge in [-0.1, -0.05) is 22.6 Å². The highest BCUT2D eigenvalue weighted by atomic mass is 17.0. The molecule has 0 saturated carbocycles. The molecular formula is C13H18N2O6. The summed E-state index contributed by atoms with van der Waals surface area (Å²) in [5.74, 6) is -1.24. The third-order valence-corrected chi connectivity index (χ3v) is 2.71. The van der Waals surface area contributed by atoms with Crippen LogP contribution in [0, 0.1) is 6.92 Å². The van der Waals surface area contributed by atoms with Crippen molar-refractivity contribution in [2.45, 2.75) is 6.92 Å². The predicted molar refractivity (Wildman–Crippen MR) is 71.6 cm³/mol. The van der Waals surface area contributed by atoms with Gasteiger partial charge in [-0.25, -0.2) is 19.4 Å². The predicted octanol–water partition coefficient (Wildman–Crippen LogP) is 1.13. The van der Waals surface area contributed by atoms with Crippen LogP contribution in [0.15, 0.2) is 18.2 Å². The molecule has 0 saturated heterocycles. The molecule has 2 amide bonds. The molecule has 1 rings (SSSR count). The van der Waals surface area contributed by atoms with Crippen molar-refractivity contribution >= 4 is 11.8 Å². The average Bonchev–Trinajstić information content (AvgIpc) is 2.49. The van der Waals surface area contributed by atoms with Crippen molar-refractivity contribution in [3.63, 3.8) is 0 Å². The number of rotatable bonds is 6. The Bertz CT molecular complexity index is 511. The molecule has 8 nitrogen and oxygen atoms in total. The van der Waals surface area contributed by atoms with Crippen LogP contribution in [-0.4, -0.2) is 50.7 Å². The first-order valence-corrected chi connectivity index (χ1v) is 5.96. The standard InChI is InChI=1S/C13H18N2O6/c1-9-7-6-8-10(12(16)14(18-2)19-3)11(9)13(17)15(20-4)21-5/h6-8H,1-5H3. The van der Waals surface area contributed by atoms with Crippen molar-refractivity contribution in [2.75, 3.05) is 28.4 Å². The number of carbonyl (C=O) groups excluding carboxylic acids is 2. The van der Waals surface area contributed by atoms with Gasteiger partial charge in [0.2, 0.25) is 0 Å². The molecule has 0 heterocycles. The van der Waals surface area contributed by atoms with Crippen LogP contribution in [0.4, 0.5) is 0 Å². The maximum Gasteiger partial charge on any atom is 0.305 e. The van der Waals surface area contributed by atoms with E-state index in [2.05, 4.69) is 0 Å². The molecule has 21 heavy (non-hydrogen) atoms. The van der Waals surface area contributed by atoms with Crippen molar-refractivity contribution in [3.05, 3.63) is 34.9 Å². The Morgan fingerprint density at radius 2 is 1.33 bits per heavy atom. The summed E-state index contributed by atoms with van der Waals surface area (Å²) in [6.45, 7) is 1.69. The molecule has 0 unspecified atom stereocenters. The minimum absolute atomic E-state index is 0.0998. The summed E-state index contributed by atoms with van der Waals surface area (Å²) in [7, 11) is 5.10. The molecule has 0 radical (unpaired) electrons. The van der Waals surface area contributed by atoms with Crippen LogP contribution in [0.25, 0.3) is 0 Å². The van der Waals surface area contributed by atoms with E-state index in [0.29, 0.717) is 16.0 Å². The molecule has 1 aromatic rings. The summed E-state index contributed by atoms with van der Waals surface area (Å²) in [6.07, 6.45) is 0. The highest BCUT2D eigenvalue weighted by molar-refractivity contribution is 6.07. The minimum Gasteiger partial charge on any atom is -0.264 e. The normalized spacial score (nSPS) is 10.3. The smallest absolute Gasteiger partial charge is 0.264 e. The van der Waals surface area contributed by atoms with Crippen LogP contribution in [0.5, 0.6) is 0 Å². The number of benzene rings is 1. The van der Waals surface area contributed by atoms with Crippen molar-refractivity contribution in [1.29, 1.82) is 0 Å². The molecule has 0 aliphatic heterocycles. The summed E-state index contributed by atoms with van der Waals surface area (Å²) in [6, 6.07) is 4.82. The number of hydrogen-bond donors (Lipinski definition) is 0. The molecule has 8 heteroatoms. The lowest BCUT2D eigenvalue weighted by Crippen LogP contribution is -2.34. The molecule has 116 valence electrons. The van der Waals surface area contributed by atoms with E-state index in [1.807, 2.05) is 0 Å². The van der Waals surface area contributed by atoms with Crippen LogP contribution < -0.4 is 0 Å². The SMILES string of the molecule is CON(OC)C(=O)c1cccc(C)c1C(=O)N(OC)OC. The lowest BCUT2D eigenvalue weighted by Gasteiger charge is -2.21. The van der Waals surface area contributed by atoms with Gasteiger partial charge in [-0.15, -0.1) is 0 Å². The molecule has 0 atom stereocenters. The monoisotopic (exact) mass is 298 g/mol. The van der Waals surface area contributed by atoms with Gasteiger partial charge in [-0.2, -0.15) is 0 Å². The Labute approximate surface area is 122 Å². The Morgan fingerprint density at radius 3 is 1.81 bits per heavy atom. The molecule has 0 aromatic heterocycles. The molecule has 0 fully saturated rings. The highest BCUT2D eigenvalue weighted by Crippen LogP contribution is 2.19. The molecule has 0 bridgehead atoms. The second-order valence-corrected chi connectivity index (χ2v) is 3.85. The fourth-order valence-corrected chi connectivity index (χ4v) is 1.80. The van der Waals surface area contributed by atoms with Crippen LogP contribution in [-0.2, 0) is 19.4 Å². The van der Waals surface area contributed by atoms with Crippen molar-refractivity contribution in [3.8, 4) is 0 Å². The molecule has 0 N–H and O–H groups in total. The van der Waals surface area contributed by atoms with E-state index in [9.17, 15) is 9.59 Å². The molecule has 0 spiro atoms. The van der Waals surface area contributed by atoms with Gasteiger partial charge in [0.25, 0.3) is 0 Å². The van der Waals surface area contributed by atoms with E-state index < -0.39 is 11.8 Å². The summed E-state index contributed by atoms with van der Waals surface area (Å²) in [4.78, 5) is 43.8. The van der Waals surface area contributed by atoms with Crippen molar-refractivity contribution in [2.24, 2.45) is 0 Å². The van der Waals surface area contributed by atoms with Gasteiger partial charge in [0.05, 0.1) is 39.6 Å². The average molecular weight is 298 g/mol. The van der Waals surface area contributed by atoms with Crippen molar-refractivity contribution in [1.82, 2.24) is 10.5 Å². The maximum absolute atomic E-state index is 12.4. The van der Waals surface area contributed by atoms with Crippen molar-refractivity contribution < 1.29 is 28.9 Å².